The SMILES string of the molecule is COc1cc(N)ccc1C(=O)N1CCC(C(F)(F)F)CC1. The second kappa shape index (κ2) is 5.83. The quantitative estimate of drug-likeness (QED) is 0.855. The molecule has 1 amide bonds. The fourth-order valence-corrected chi connectivity index (χ4v) is 2.46. The molecule has 1 aromatic rings. The van der Waals surface area contributed by atoms with Gasteiger partial charge >= 0.3 is 6.18 Å². The molecule has 4 nitrogen and oxygen atoms in total. The summed E-state index contributed by atoms with van der Waals surface area (Å²) in [5, 5.41) is 0. The molecule has 2 rings (SSSR count). The highest BCUT2D eigenvalue weighted by atomic mass is 19.4. The van der Waals surface area contributed by atoms with E-state index in [1.54, 1.807) is 6.07 Å². The molecule has 1 heterocycles. The van der Waals surface area contributed by atoms with E-state index < -0.39 is 12.1 Å². The van der Waals surface area contributed by atoms with Crippen molar-refractivity contribution >= 4 is 11.6 Å². The Hall–Kier alpha value is -1.92. The van der Waals surface area contributed by atoms with Crippen molar-refractivity contribution in [2.24, 2.45) is 5.92 Å². The van der Waals surface area contributed by atoms with Crippen molar-refractivity contribution in [3.05, 3.63) is 23.8 Å². The molecule has 1 saturated heterocycles. The summed E-state index contributed by atoms with van der Waals surface area (Å²) in [6.07, 6.45) is -4.31. The van der Waals surface area contributed by atoms with Gasteiger partial charge in [0, 0.05) is 24.8 Å². The first kappa shape index (κ1) is 15.5. The first-order chi connectivity index (χ1) is 9.82. The smallest absolute Gasteiger partial charge is 0.391 e. The Morgan fingerprint density at radius 3 is 2.48 bits per heavy atom. The molecule has 1 aliphatic rings. The molecule has 0 spiro atoms. The number of hydrogen-bond donors (Lipinski definition) is 1. The second-order valence-corrected chi connectivity index (χ2v) is 5.07. The number of ether oxygens (including phenoxy) is 1. The number of carbonyl (C=O) groups is 1. The molecule has 1 aromatic carbocycles. The lowest BCUT2D eigenvalue weighted by molar-refractivity contribution is -0.183. The summed E-state index contributed by atoms with van der Waals surface area (Å²) in [6, 6.07) is 4.63. The second-order valence-electron chi connectivity index (χ2n) is 5.07. The Kier molecular flexibility index (Phi) is 4.29. The fraction of sp³-hybridized carbons (Fsp3) is 0.500. The summed E-state index contributed by atoms with van der Waals surface area (Å²) in [5.74, 6) is -1.32. The number of piperidine rings is 1. The Morgan fingerprint density at radius 2 is 1.95 bits per heavy atom. The van der Waals surface area contributed by atoms with Crippen LogP contribution in [0.25, 0.3) is 0 Å². The summed E-state index contributed by atoms with van der Waals surface area (Å²) in [7, 11) is 1.42. The molecule has 7 heteroatoms. The highest BCUT2D eigenvalue weighted by molar-refractivity contribution is 5.97. The van der Waals surface area contributed by atoms with Crippen LogP contribution in [0.3, 0.4) is 0 Å². The van der Waals surface area contributed by atoms with Crippen molar-refractivity contribution in [1.29, 1.82) is 0 Å². The predicted octanol–water partition coefficient (Wildman–Crippen LogP) is 2.69. The van der Waals surface area contributed by atoms with Gasteiger partial charge in [-0.1, -0.05) is 0 Å². The molecule has 1 fully saturated rings. The number of anilines is 1. The molecule has 21 heavy (non-hydrogen) atoms. The fourth-order valence-electron chi connectivity index (χ4n) is 2.46. The van der Waals surface area contributed by atoms with Gasteiger partial charge in [-0.05, 0) is 25.0 Å². The van der Waals surface area contributed by atoms with E-state index in [0.29, 0.717) is 17.0 Å². The molecule has 0 aromatic heterocycles. The normalized spacial score (nSPS) is 16.9. The van der Waals surface area contributed by atoms with Crippen molar-refractivity contribution in [1.82, 2.24) is 4.90 Å². The number of halogens is 3. The monoisotopic (exact) mass is 302 g/mol. The number of amides is 1. The molecule has 0 unspecified atom stereocenters. The molecular weight excluding hydrogens is 285 g/mol. The predicted molar refractivity (Wildman–Crippen MR) is 72.1 cm³/mol. The Morgan fingerprint density at radius 1 is 1.33 bits per heavy atom. The maximum atomic E-state index is 12.6. The maximum Gasteiger partial charge on any atom is 0.391 e. The first-order valence-electron chi connectivity index (χ1n) is 6.62. The molecular formula is C14H17F3N2O2. The standard InChI is InChI=1S/C14H17F3N2O2/c1-21-12-8-10(18)2-3-11(12)13(20)19-6-4-9(5-7-19)14(15,16)17/h2-3,8-9H,4-7,18H2,1H3. The van der Waals surface area contributed by atoms with Gasteiger partial charge in [-0.25, -0.2) is 0 Å². The zero-order chi connectivity index (χ0) is 15.6. The van der Waals surface area contributed by atoms with Crippen LogP contribution in [0, 0.1) is 5.92 Å². The van der Waals surface area contributed by atoms with Crippen molar-refractivity contribution in [2.45, 2.75) is 19.0 Å². The lowest BCUT2D eigenvalue weighted by Crippen LogP contribution is -2.42. The Bertz CT molecular complexity index is 523. The van der Waals surface area contributed by atoms with Crippen LogP contribution in [0.1, 0.15) is 23.2 Å². The van der Waals surface area contributed by atoms with Crippen LogP contribution >= 0.6 is 0 Å². The minimum atomic E-state index is -4.19. The van der Waals surface area contributed by atoms with Gasteiger partial charge in [0.25, 0.3) is 5.91 Å². The van der Waals surface area contributed by atoms with Crippen LogP contribution < -0.4 is 10.5 Å². The zero-order valence-electron chi connectivity index (χ0n) is 11.6. The number of rotatable bonds is 2. The number of likely N-dealkylation sites (tertiary alicyclic amines) is 1. The average molecular weight is 302 g/mol. The van der Waals surface area contributed by atoms with Crippen molar-refractivity contribution < 1.29 is 22.7 Å². The highest BCUT2D eigenvalue weighted by Gasteiger charge is 2.41. The van der Waals surface area contributed by atoms with Gasteiger partial charge in [0.15, 0.2) is 0 Å². The summed E-state index contributed by atoms with van der Waals surface area (Å²) in [5.41, 5.74) is 6.39. The van der Waals surface area contributed by atoms with Crippen LogP contribution in [0.15, 0.2) is 18.2 Å². The number of hydrogen-bond acceptors (Lipinski definition) is 3. The molecule has 0 bridgehead atoms. The third-order valence-corrected chi connectivity index (χ3v) is 3.70. The number of nitrogen functional groups attached to an aromatic ring is 1. The lowest BCUT2D eigenvalue weighted by Gasteiger charge is -2.33. The van der Waals surface area contributed by atoms with E-state index >= 15 is 0 Å². The largest absolute Gasteiger partial charge is 0.496 e. The van der Waals surface area contributed by atoms with Gasteiger partial charge in [-0.3, -0.25) is 4.79 Å². The minimum absolute atomic E-state index is 0.0630. The summed E-state index contributed by atoms with van der Waals surface area (Å²) in [6.45, 7) is 0.188. The summed E-state index contributed by atoms with van der Waals surface area (Å²) >= 11 is 0. The molecule has 0 radical (unpaired) electrons. The molecule has 0 saturated carbocycles. The van der Waals surface area contributed by atoms with Crippen molar-refractivity contribution in [2.75, 3.05) is 25.9 Å². The van der Waals surface area contributed by atoms with Gasteiger partial charge in [-0.15, -0.1) is 0 Å². The number of carbonyl (C=O) groups excluding carboxylic acids is 1. The molecule has 116 valence electrons. The number of methoxy groups -OCH3 is 1. The van der Waals surface area contributed by atoms with E-state index in [2.05, 4.69) is 0 Å². The van der Waals surface area contributed by atoms with Gasteiger partial charge in [0.05, 0.1) is 18.6 Å². The number of nitrogens with zero attached hydrogens (tertiary/aromatic N) is 1. The van der Waals surface area contributed by atoms with E-state index in [1.807, 2.05) is 0 Å². The van der Waals surface area contributed by atoms with Crippen molar-refractivity contribution in [3.8, 4) is 5.75 Å². The van der Waals surface area contributed by atoms with E-state index in [9.17, 15) is 18.0 Å². The van der Waals surface area contributed by atoms with Gasteiger partial charge < -0.3 is 15.4 Å². The number of alkyl halides is 3. The number of benzene rings is 1. The van der Waals surface area contributed by atoms with E-state index in [0.717, 1.165) is 0 Å². The number of nitrogens with two attached hydrogens (primary N) is 1. The van der Waals surface area contributed by atoms with Crippen LogP contribution in [-0.4, -0.2) is 37.2 Å². The van der Waals surface area contributed by atoms with Crippen LogP contribution in [0.4, 0.5) is 18.9 Å². The molecule has 0 atom stereocenters. The van der Waals surface area contributed by atoms with Crippen LogP contribution in [-0.2, 0) is 0 Å². The van der Waals surface area contributed by atoms with E-state index in [1.165, 1.54) is 24.1 Å². The van der Waals surface area contributed by atoms with Gasteiger partial charge in [0.1, 0.15) is 5.75 Å². The minimum Gasteiger partial charge on any atom is -0.496 e. The molecule has 2 N–H and O–H groups in total. The highest BCUT2D eigenvalue weighted by Crippen LogP contribution is 2.35. The third kappa shape index (κ3) is 3.40. The summed E-state index contributed by atoms with van der Waals surface area (Å²) in [4.78, 5) is 13.8. The lowest BCUT2D eigenvalue weighted by atomic mass is 9.95. The Balaban J connectivity index is 2.09. The van der Waals surface area contributed by atoms with Crippen molar-refractivity contribution in [3.63, 3.8) is 0 Å². The average Bonchev–Trinajstić information content (AvgIpc) is 2.45. The van der Waals surface area contributed by atoms with Crippen LogP contribution in [0.2, 0.25) is 0 Å². The summed E-state index contributed by atoms with van der Waals surface area (Å²) < 4.78 is 43.0. The van der Waals surface area contributed by atoms with E-state index in [4.69, 9.17) is 10.5 Å². The van der Waals surface area contributed by atoms with E-state index in [-0.39, 0.29) is 31.8 Å². The first-order valence-corrected chi connectivity index (χ1v) is 6.62. The van der Waals surface area contributed by atoms with Crippen LogP contribution in [0.5, 0.6) is 5.75 Å². The Labute approximate surface area is 120 Å². The molecule has 0 aliphatic carbocycles. The third-order valence-electron chi connectivity index (χ3n) is 3.70. The zero-order valence-corrected chi connectivity index (χ0v) is 11.6. The van der Waals surface area contributed by atoms with Gasteiger partial charge in [-0.2, -0.15) is 13.2 Å². The topological polar surface area (TPSA) is 55.6 Å². The molecule has 1 aliphatic heterocycles. The van der Waals surface area contributed by atoms with Gasteiger partial charge in [0.2, 0.25) is 0 Å². The maximum absolute atomic E-state index is 12.6.